The van der Waals surface area contributed by atoms with Gasteiger partial charge in [0.05, 0.1) is 23.9 Å². The minimum Gasteiger partial charge on any atom is -0.398 e. The van der Waals surface area contributed by atoms with Gasteiger partial charge in [-0.2, -0.15) is 0 Å². The molecular formula is C15H20BrN3O. The largest absolute Gasteiger partial charge is 0.398 e. The molecule has 20 heavy (non-hydrogen) atoms. The van der Waals surface area contributed by atoms with Gasteiger partial charge in [-0.05, 0) is 48.0 Å². The van der Waals surface area contributed by atoms with Gasteiger partial charge in [0.25, 0.3) is 0 Å². The van der Waals surface area contributed by atoms with Gasteiger partial charge < -0.3 is 15.4 Å². The molecule has 1 heterocycles. The first kappa shape index (κ1) is 15.1. The van der Waals surface area contributed by atoms with E-state index in [9.17, 15) is 0 Å². The highest BCUT2D eigenvalue weighted by Gasteiger charge is 2.10. The number of nitrogen functional groups attached to an aromatic ring is 1. The van der Waals surface area contributed by atoms with Gasteiger partial charge in [-0.15, -0.1) is 0 Å². The van der Waals surface area contributed by atoms with Crippen molar-refractivity contribution in [2.75, 3.05) is 30.8 Å². The summed E-state index contributed by atoms with van der Waals surface area (Å²) in [5, 5.41) is 0.966. The second-order valence-electron chi connectivity index (χ2n) is 5.06. The summed E-state index contributed by atoms with van der Waals surface area (Å²) in [6.07, 6.45) is 2.05. The molecule has 2 aromatic rings. The molecule has 0 spiro atoms. The van der Waals surface area contributed by atoms with Crippen LogP contribution in [0.3, 0.4) is 0 Å². The number of rotatable bonds is 5. The van der Waals surface area contributed by atoms with Gasteiger partial charge in [0.2, 0.25) is 0 Å². The Morgan fingerprint density at radius 1 is 1.40 bits per heavy atom. The normalized spacial score (nSPS) is 11.2. The third kappa shape index (κ3) is 3.41. The first-order valence-corrected chi connectivity index (χ1v) is 7.45. The Labute approximate surface area is 128 Å². The van der Waals surface area contributed by atoms with Crippen molar-refractivity contribution in [3.63, 3.8) is 0 Å². The number of halogens is 1. The van der Waals surface area contributed by atoms with Crippen molar-refractivity contribution in [1.29, 1.82) is 0 Å². The SMILES string of the molecule is CC(C)OCCN(C)c1ccc(N)c2cc(Br)cnc12. The molecule has 0 aliphatic rings. The molecule has 0 atom stereocenters. The highest BCUT2D eigenvalue weighted by Crippen LogP contribution is 2.30. The molecule has 4 nitrogen and oxygen atoms in total. The van der Waals surface area contributed by atoms with E-state index in [-0.39, 0.29) is 6.10 Å². The minimum atomic E-state index is 0.251. The van der Waals surface area contributed by atoms with Gasteiger partial charge in [0, 0.05) is 35.3 Å². The van der Waals surface area contributed by atoms with Crippen molar-refractivity contribution in [3.8, 4) is 0 Å². The number of fused-ring (bicyclic) bond motifs is 1. The van der Waals surface area contributed by atoms with Crippen LogP contribution >= 0.6 is 15.9 Å². The summed E-state index contributed by atoms with van der Waals surface area (Å²) < 4.78 is 6.52. The van der Waals surface area contributed by atoms with E-state index >= 15 is 0 Å². The van der Waals surface area contributed by atoms with Gasteiger partial charge >= 0.3 is 0 Å². The Morgan fingerprint density at radius 2 is 2.15 bits per heavy atom. The molecule has 0 aliphatic heterocycles. The number of nitrogens with zero attached hydrogens (tertiary/aromatic N) is 2. The molecule has 1 aromatic heterocycles. The number of benzene rings is 1. The van der Waals surface area contributed by atoms with Crippen LogP contribution in [-0.2, 0) is 4.74 Å². The predicted octanol–water partition coefficient (Wildman–Crippen LogP) is 3.44. The molecule has 108 valence electrons. The van der Waals surface area contributed by atoms with Crippen LogP contribution in [0.5, 0.6) is 0 Å². The number of hydrogen-bond donors (Lipinski definition) is 1. The van der Waals surface area contributed by atoms with Gasteiger partial charge in [-0.1, -0.05) is 0 Å². The number of anilines is 2. The standard InChI is InChI=1S/C15H20BrN3O/c1-10(2)20-7-6-19(3)14-5-4-13(17)12-8-11(16)9-18-15(12)14/h4-5,8-10H,6-7,17H2,1-3H3. The number of ether oxygens (including phenoxy) is 1. The Bertz CT molecular complexity index is 601. The molecule has 1 aromatic carbocycles. The molecular weight excluding hydrogens is 318 g/mol. The number of nitrogens with two attached hydrogens (primary N) is 1. The van der Waals surface area contributed by atoms with Crippen LogP contribution in [0.4, 0.5) is 11.4 Å². The fourth-order valence-electron chi connectivity index (χ4n) is 2.05. The first-order chi connectivity index (χ1) is 9.49. The number of likely N-dealkylation sites (N-methyl/N-ethyl adjacent to an activating group) is 1. The smallest absolute Gasteiger partial charge is 0.0956 e. The van der Waals surface area contributed by atoms with E-state index in [0.717, 1.165) is 33.3 Å². The second kappa shape index (κ2) is 6.41. The van der Waals surface area contributed by atoms with Crippen molar-refractivity contribution in [3.05, 3.63) is 28.9 Å². The highest BCUT2D eigenvalue weighted by molar-refractivity contribution is 9.10. The summed E-state index contributed by atoms with van der Waals surface area (Å²) in [4.78, 5) is 6.64. The fourth-order valence-corrected chi connectivity index (χ4v) is 2.39. The molecule has 0 saturated heterocycles. The summed E-state index contributed by atoms with van der Waals surface area (Å²) in [6, 6.07) is 5.93. The van der Waals surface area contributed by atoms with E-state index in [4.69, 9.17) is 10.5 Å². The molecule has 5 heteroatoms. The second-order valence-corrected chi connectivity index (χ2v) is 5.98. The summed E-state index contributed by atoms with van der Waals surface area (Å²) in [6.45, 7) is 5.58. The Balaban J connectivity index is 2.28. The zero-order valence-electron chi connectivity index (χ0n) is 12.1. The third-order valence-corrected chi connectivity index (χ3v) is 3.55. The van der Waals surface area contributed by atoms with Crippen LogP contribution in [0.2, 0.25) is 0 Å². The lowest BCUT2D eigenvalue weighted by Gasteiger charge is -2.21. The van der Waals surface area contributed by atoms with E-state index < -0.39 is 0 Å². The van der Waals surface area contributed by atoms with Gasteiger partial charge in [-0.3, -0.25) is 4.98 Å². The monoisotopic (exact) mass is 337 g/mol. The lowest BCUT2D eigenvalue weighted by atomic mass is 10.1. The molecule has 0 bridgehead atoms. The van der Waals surface area contributed by atoms with Gasteiger partial charge in [0.15, 0.2) is 0 Å². The molecule has 0 radical (unpaired) electrons. The first-order valence-electron chi connectivity index (χ1n) is 6.65. The van der Waals surface area contributed by atoms with Crippen LogP contribution in [0.15, 0.2) is 28.9 Å². The molecule has 2 rings (SSSR count). The van der Waals surface area contributed by atoms with E-state index in [1.165, 1.54) is 0 Å². The van der Waals surface area contributed by atoms with E-state index in [1.807, 2.05) is 39.1 Å². The zero-order valence-corrected chi connectivity index (χ0v) is 13.6. The third-order valence-electron chi connectivity index (χ3n) is 3.12. The quantitative estimate of drug-likeness (QED) is 0.849. The number of hydrogen-bond acceptors (Lipinski definition) is 4. The molecule has 0 fully saturated rings. The van der Waals surface area contributed by atoms with E-state index in [1.54, 1.807) is 6.20 Å². The van der Waals surface area contributed by atoms with E-state index in [2.05, 4.69) is 25.8 Å². The van der Waals surface area contributed by atoms with Crippen LogP contribution in [0.25, 0.3) is 10.9 Å². The molecule has 0 amide bonds. The highest BCUT2D eigenvalue weighted by atomic mass is 79.9. The van der Waals surface area contributed by atoms with Crippen LogP contribution < -0.4 is 10.6 Å². The van der Waals surface area contributed by atoms with Crippen molar-refractivity contribution >= 4 is 38.2 Å². The maximum Gasteiger partial charge on any atom is 0.0956 e. The van der Waals surface area contributed by atoms with Crippen molar-refractivity contribution in [2.24, 2.45) is 0 Å². The van der Waals surface area contributed by atoms with Crippen LogP contribution in [0, 0.1) is 0 Å². The maximum absolute atomic E-state index is 6.03. The van der Waals surface area contributed by atoms with Crippen LogP contribution in [-0.4, -0.2) is 31.3 Å². The molecule has 0 saturated carbocycles. The Kier molecular flexibility index (Phi) is 4.83. The summed E-state index contributed by atoms with van der Waals surface area (Å²) in [5.41, 5.74) is 8.75. The molecule has 2 N–H and O–H groups in total. The Morgan fingerprint density at radius 3 is 2.85 bits per heavy atom. The summed E-state index contributed by atoms with van der Waals surface area (Å²) in [5.74, 6) is 0. The zero-order chi connectivity index (χ0) is 14.7. The fraction of sp³-hybridized carbons (Fsp3) is 0.400. The summed E-state index contributed by atoms with van der Waals surface area (Å²) >= 11 is 3.43. The Hall–Kier alpha value is -1.33. The molecule has 0 aliphatic carbocycles. The van der Waals surface area contributed by atoms with Gasteiger partial charge in [0.1, 0.15) is 0 Å². The number of aromatic nitrogens is 1. The topological polar surface area (TPSA) is 51.4 Å². The number of pyridine rings is 1. The average molecular weight is 338 g/mol. The minimum absolute atomic E-state index is 0.251. The van der Waals surface area contributed by atoms with Crippen molar-refractivity contribution < 1.29 is 4.74 Å². The molecule has 0 unspecified atom stereocenters. The van der Waals surface area contributed by atoms with Crippen molar-refractivity contribution in [1.82, 2.24) is 4.98 Å². The van der Waals surface area contributed by atoms with Gasteiger partial charge in [-0.25, -0.2) is 0 Å². The van der Waals surface area contributed by atoms with Crippen LogP contribution in [0.1, 0.15) is 13.8 Å². The average Bonchev–Trinajstić information content (AvgIpc) is 2.39. The van der Waals surface area contributed by atoms with E-state index in [0.29, 0.717) is 6.61 Å². The predicted molar refractivity (Wildman–Crippen MR) is 88.2 cm³/mol. The maximum atomic E-state index is 6.03. The summed E-state index contributed by atoms with van der Waals surface area (Å²) in [7, 11) is 2.04. The van der Waals surface area contributed by atoms with Crippen molar-refractivity contribution in [2.45, 2.75) is 20.0 Å². The lowest BCUT2D eigenvalue weighted by Crippen LogP contribution is -2.24. The lowest BCUT2D eigenvalue weighted by molar-refractivity contribution is 0.0846.